The number of rotatable bonds is 3. The predicted molar refractivity (Wildman–Crippen MR) is 67.2 cm³/mol. The van der Waals surface area contributed by atoms with Crippen LogP contribution in [-0.2, 0) is 9.53 Å². The SMILES string of the molecule is COC(=O)/C(=C(\C)O)N(C)c1cccc(Cl)c1. The number of nitrogens with zero attached hydrogens (tertiary/aromatic N) is 1. The van der Waals surface area contributed by atoms with Gasteiger partial charge in [0, 0.05) is 17.8 Å². The molecule has 0 aliphatic rings. The second-order valence-electron chi connectivity index (χ2n) is 3.46. The molecule has 0 heterocycles. The van der Waals surface area contributed by atoms with Crippen LogP contribution >= 0.6 is 11.6 Å². The molecule has 0 fully saturated rings. The summed E-state index contributed by atoms with van der Waals surface area (Å²) in [5, 5.41) is 10.1. The summed E-state index contributed by atoms with van der Waals surface area (Å²) in [5.41, 5.74) is 0.765. The van der Waals surface area contributed by atoms with Crippen molar-refractivity contribution in [2.45, 2.75) is 6.92 Å². The van der Waals surface area contributed by atoms with Crippen molar-refractivity contribution < 1.29 is 14.6 Å². The molecule has 0 saturated carbocycles. The van der Waals surface area contributed by atoms with Crippen LogP contribution in [0.3, 0.4) is 0 Å². The van der Waals surface area contributed by atoms with Crippen LogP contribution in [0.1, 0.15) is 6.92 Å². The van der Waals surface area contributed by atoms with E-state index < -0.39 is 5.97 Å². The highest BCUT2D eigenvalue weighted by Crippen LogP contribution is 2.23. The molecule has 0 bridgehead atoms. The van der Waals surface area contributed by atoms with Crippen LogP contribution in [0, 0.1) is 0 Å². The quantitative estimate of drug-likeness (QED) is 0.513. The van der Waals surface area contributed by atoms with Gasteiger partial charge in [0.25, 0.3) is 0 Å². The highest BCUT2D eigenvalue weighted by Gasteiger charge is 2.19. The number of benzene rings is 1. The van der Waals surface area contributed by atoms with Crippen LogP contribution < -0.4 is 4.90 Å². The number of aliphatic hydroxyl groups excluding tert-OH is 1. The molecular formula is C12H14ClNO3. The van der Waals surface area contributed by atoms with E-state index in [1.807, 2.05) is 0 Å². The normalized spacial score (nSPS) is 11.8. The Morgan fingerprint density at radius 1 is 1.47 bits per heavy atom. The van der Waals surface area contributed by atoms with Crippen molar-refractivity contribution in [2.75, 3.05) is 19.1 Å². The number of carbonyl (C=O) groups is 1. The first-order valence-electron chi connectivity index (χ1n) is 4.94. The Morgan fingerprint density at radius 2 is 2.12 bits per heavy atom. The molecule has 1 N–H and O–H groups in total. The van der Waals surface area contributed by atoms with Crippen molar-refractivity contribution in [1.29, 1.82) is 0 Å². The van der Waals surface area contributed by atoms with Gasteiger partial charge in [-0.05, 0) is 25.1 Å². The standard InChI is InChI=1S/C12H14ClNO3/c1-8(15)11(12(16)17-3)14(2)10-6-4-5-9(13)7-10/h4-7,15H,1-3H3/b11-8-. The molecule has 1 aromatic carbocycles. The zero-order valence-electron chi connectivity index (χ0n) is 9.90. The second-order valence-corrected chi connectivity index (χ2v) is 3.90. The van der Waals surface area contributed by atoms with Gasteiger partial charge in [-0.1, -0.05) is 17.7 Å². The van der Waals surface area contributed by atoms with Crippen molar-refractivity contribution >= 4 is 23.3 Å². The van der Waals surface area contributed by atoms with E-state index in [9.17, 15) is 9.90 Å². The molecule has 0 spiro atoms. The molecule has 0 aliphatic heterocycles. The fourth-order valence-corrected chi connectivity index (χ4v) is 1.62. The van der Waals surface area contributed by atoms with Crippen molar-refractivity contribution in [2.24, 2.45) is 0 Å². The maximum absolute atomic E-state index is 11.5. The summed E-state index contributed by atoms with van der Waals surface area (Å²) in [6.07, 6.45) is 0. The Balaban J connectivity index is 3.14. The molecule has 4 nitrogen and oxygen atoms in total. The van der Waals surface area contributed by atoms with Gasteiger partial charge in [-0.3, -0.25) is 0 Å². The fraction of sp³-hybridized carbons (Fsp3) is 0.250. The number of hydrogen-bond donors (Lipinski definition) is 1. The molecule has 0 aromatic heterocycles. The molecular weight excluding hydrogens is 242 g/mol. The van der Waals surface area contributed by atoms with Gasteiger partial charge in [-0.25, -0.2) is 4.79 Å². The number of halogens is 1. The number of esters is 1. The smallest absolute Gasteiger partial charge is 0.358 e. The predicted octanol–water partition coefficient (Wildman–Crippen LogP) is 2.74. The minimum atomic E-state index is -0.604. The molecule has 0 amide bonds. The largest absolute Gasteiger partial charge is 0.510 e. The van der Waals surface area contributed by atoms with Gasteiger partial charge in [-0.15, -0.1) is 0 Å². The van der Waals surface area contributed by atoms with Crippen LogP contribution in [0.25, 0.3) is 0 Å². The minimum absolute atomic E-state index is 0.0785. The molecule has 1 aromatic rings. The molecule has 0 saturated heterocycles. The summed E-state index contributed by atoms with van der Waals surface area (Å²) in [6, 6.07) is 6.95. The number of hydrogen-bond acceptors (Lipinski definition) is 4. The van der Waals surface area contributed by atoms with Crippen molar-refractivity contribution in [3.05, 3.63) is 40.7 Å². The third kappa shape index (κ3) is 3.14. The lowest BCUT2D eigenvalue weighted by molar-refractivity contribution is -0.136. The first kappa shape index (κ1) is 13.4. The number of allylic oxidation sites excluding steroid dienone is 1. The molecule has 0 atom stereocenters. The van der Waals surface area contributed by atoms with E-state index in [0.29, 0.717) is 10.7 Å². The topological polar surface area (TPSA) is 49.8 Å². The van der Waals surface area contributed by atoms with E-state index >= 15 is 0 Å². The molecule has 1 rings (SSSR count). The Kier molecular flexibility index (Phi) is 4.40. The zero-order chi connectivity index (χ0) is 13.0. The van der Waals surface area contributed by atoms with Gasteiger partial charge in [-0.2, -0.15) is 0 Å². The molecule has 92 valence electrons. The number of likely N-dealkylation sites (N-methyl/N-ethyl adjacent to an activating group) is 1. The van der Waals surface area contributed by atoms with Gasteiger partial charge >= 0.3 is 5.97 Å². The summed E-state index contributed by atoms with van der Waals surface area (Å²) in [5.74, 6) is -0.716. The number of aliphatic hydroxyl groups is 1. The Bertz CT molecular complexity index is 453. The third-order valence-electron chi connectivity index (χ3n) is 2.25. The van der Waals surface area contributed by atoms with E-state index in [0.717, 1.165) is 0 Å². The highest BCUT2D eigenvalue weighted by atomic mass is 35.5. The molecule has 5 heteroatoms. The molecule has 0 aliphatic carbocycles. The van der Waals surface area contributed by atoms with Crippen LogP contribution in [0.2, 0.25) is 5.02 Å². The Morgan fingerprint density at radius 3 is 2.59 bits per heavy atom. The summed E-state index contributed by atoms with van der Waals surface area (Å²) < 4.78 is 4.62. The van der Waals surface area contributed by atoms with Gasteiger partial charge in [0.05, 0.1) is 7.11 Å². The molecule has 0 radical (unpaired) electrons. The van der Waals surface area contributed by atoms with E-state index in [1.54, 1.807) is 31.3 Å². The average Bonchev–Trinajstić information content (AvgIpc) is 2.28. The van der Waals surface area contributed by atoms with Gasteiger partial charge < -0.3 is 14.7 Å². The second kappa shape index (κ2) is 5.59. The van der Waals surface area contributed by atoms with E-state index in [1.165, 1.54) is 18.9 Å². The highest BCUT2D eigenvalue weighted by molar-refractivity contribution is 6.30. The zero-order valence-corrected chi connectivity index (χ0v) is 10.7. The third-order valence-corrected chi connectivity index (χ3v) is 2.49. The van der Waals surface area contributed by atoms with E-state index in [-0.39, 0.29) is 11.5 Å². The maximum Gasteiger partial charge on any atom is 0.358 e. The first-order chi connectivity index (χ1) is 7.97. The number of ether oxygens (including phenoxy) is 1. The lowest BCUT2D eigenvalue weighted by Crippen LogP contribution is -2.25. The van der Waals surface area contributed by atoms with Crippen LogP contribution in [0.4, 0.5) is 5.69 Å². The number of methoxy groups -OCH3 is 1. The lowest BCUT2D eigenvalue weighted by atomic mass is 10.2. The van der Waals surface area contributed by atoms with Crippen molar-refractivity contribution in [1.82, 2.24) is 0 Å². The number of carbonyl (C=O) groups excluding carboxylic acids is 1. The molecule has 0 unspecified atom stereocenters. The van der Waals surface area contributed by atoms with Crippen molar-refractivity contribution in [3.8, 4) is 0 Å². The maximum atomic E-state index is 11.5. The molecule has 17 heavy (non-hydrogen) atoms. The van der Waals surface area contributed by atoms with Gasteiger partial charge in [0.15, 0.2) is 5.70 Å². The van der Waals surface area contributed by atoms with Crippen LogP contribution in [-0.4, -0.2) is 25.2 Å². The minimum Gasteiger partial charge on any atom is -0.510 e. The van der Waals surface area contributed by atoms with Crippen LogP contribution in [0.15, 0.2) is 35.7 Å². The van der Waals surface area contributed by atoms with Gasteiger partial charge in [0.2, 0.25) is 0 Å². The Hall–Kier alpha value is -1.68. The Labute approximate surface area is 105 Å². The summed E-state index contributed by atoms with van der Waals surface area (Å²) in [6.45, 7) is 1.42. The van der Waals surface area contributed by atoms with Crippen molar-refractivity contribution in [3.63, 3.8) is 0 Å². The van der Waals surface area contributed by atoms with E-state index in [4.69, 9.17) is 11.6 Å². The monoisotopic (exact) mass is 255 g/mol. The first-order valence-corrected chi connectivity index (χ1v) is 5.32. The van der Waals surface area contributed by atoms with Crippen LogP contribution in [0.5, 0.6) is 0 Å². The fourth-order valence-electron chi connectivity index (χ4n) is 1.44. The summed E-state index contributed by atoms with van der Waals surface area (Å²) in [4.78, 5) is 13.1. The van der Waals surface area contributed by atoms with Gasteiger partial charge in [0.1, 0.15) is 5.76 Å². The number of anilines is 1. The average molecular weight is 256 g/mol. The summed E-state index contributed by atoms with van der Waals surface area (Å²) >= 11 is 5.87. The lowest BCUT2D eigenvalue weighted by Gasteiger charge is -2.21. The van der Waals surface area contributed by atoms with E-state index in [2.05, 4.69) is 4.74 Å². The summed E-state index contributed by atoms with van der Waals surface area (Å²) in [7, 11) is 2.91.